The lowest BCUT2D eigenvalue weighted by atomic mass is 9.92. The number of hydrogen-bond acceptors (Lipinski definition) is 2. The Morgan fingerprint density at radius 1 is 1.35 bits per heavy atom. The number of nitrogens with zero attached hydrogens (tertiary/aromatic N) is 1. The van der Waals surface area contributed by atoms with Gasteiger partial charge in [-0.3, -0.25) is 9.59 Å². The van der Waals surface area contributed by atoms with E-state index >= 15 is 0 Å². The van der Waals surface area contributed by atoms with Gasteiger partial charge in [-0.15, -0.1) is 0 Å². The van der Waals surface area contributed by atoms with E-state index in [1.54, 1.807) is 0 Å². The van der Waals surface area contributed by atoms with Crippen LogP contribution in [0, 0.1) is 5.92 Å². The number of carbonyl (C=O) groups excluding carboxylic acids is 2. The molecule has 4 nitrogen and oxygen atoms in total. The Labute approximate surface area is 121 Å². The fraction of sp³-hybridized carbons (Fsp3) is 0.750. The number of allylic oxidation sites excluding steroid dienone is 1. The van der Waals surface area contributed by atoms with Gasteiger partial charge in [0.05, 0.1) is 0 Å². The Morgan fingerprint density at radius 3 is 2.65 bits per heavy atom. The number of amides is 2. The third kappa shape index (κ3) is 3.05. The molecule has 3 unspecified atom stereocenters. The highest BCUT2D eigenvalue weighted by molar-refractivity contribution is 5.97. The van der Waals surface area contributed by atoms with Crippen LogP contribution in [0.5, 0.6) is 0 Å². The van der Waals surface area contributed by atoms with Gasteiger partial charge in [-0.25, -0.2) is 0 Å². The lowest BCUT2D eigenvalue weighted by Crippen LogP contribution is -2.65. The molecule has 1 saturated heterocycles. The molecule has 0 aromatic heterocycles. The van der Waals surface area contributed by atoms with E-state index in [9.17, 15) is 9.59 Å². The first kappa shape index (κ1) is 15.1. The summed E-state index contributed by atoms with van der Waals surface area (Å²) >= 11 is 0. The van der Waals surface area contributed by atoms with E-state index in [2.05, 4.69) is 31.3 Å². The summed E-state index contributed by atoms with van der Waals surface area (Å²) in [5, 5.41) is 2.92. The van der Waals surface area contributed by atoms with Gasteiger partial charge in [0.1, 0.15) is 12.1 Å². The molecule has 0 saturated carbocycles. The summed E-state index contributed by atoms with van der Waals surface area (Å²) in [4.78, 5) is 26.9. The maximum absolute atomic E-state index is 12.8. The monoisotopic (exact) mass is 278 g/mol. The summed E-state index contributed by atoms with van der Waals surface area (Å²) < 4.78 is 0. The minimum absolute atomic E-state index is 0.0207. The van der Waals surface area contributed by atoms with E-state index in [4.69, 9.17) is 0 Å². The van der Waals surface area contributed by atoms with Crippen molar-refractivity contribution in [2.24, 2.45) is 5.92 Å². The zero-order valence-electron chi connectivity index (χ0n) is 12.8. The van der Waals surface area contributed by atoms with Crippen molar-refractivity contribution in [3.63, 3.8) is 0 Å². The van der Waals surface area contributed by atoms with E-state index in [1.807, 2.05) is 11.8 Å². The number of nitrogens with one attached hydrogen (secondary N) is 1. The smallest absolute Gasteiger partial charge is 0.246 e. The summed E-state index contributed by atoms with van der Waals surface area (Å²) in [6.07, 6.45) is 8.56. The van der Waals surface area contributed by atoms with Crippen molar-refractivity contribution in [2.45, 2.75) is 71.0 Å². The predicted octanol–water partition coefficient (Wildman–Crippen LogP) is 2.25. The van der Waals surface area contributed by atoms with Crippen LogP contribution in [-0.4, -0.2) is 34.8 Å². The van der Waals surface area contributed by atoms with E-state index < -0.39 is 0 Å². The molecule has 1 aliphatic heterocycles. The standard InChI is InChI=1S/C16H26N2O2/c1-4-14-15(19)17-13(10-11(2)3)16(20)18(14)12-8-6-5-7-9-12/h5-6,11-14H,4,7-10H2,1-3H3,(H,17,19). The third-order valence-electron chi connectivity index (χ3n) is 4.24. The highest BCUT2D eigenvalue weighted by atomic mass is 16.2. The van der Waals surface area contributed by atoms with Crippen molar-refractivity contribution in [1.82, 2.24) is 10.2 Å². The lowest BCUT2D eigenvalue weighted by Gasteiger charge is -2.44. The zero-order chi connectivity index (χ0) is 14.7. The molecule has 0 aromatic rings. The summed E-state index contributed by atoms with van der Waals surface area (Å²) in [5.41, 5.74) is 0. The molecule has 0 spiro atoms. The van der Waals surface area contributed by atoms with Crippen molar-refractivity contribution in [2.75, 3.05) is 0 Å². The molecule has 1 N–H and O–H groups in total. The van der Waals surface area contributed by atoms with E-state index in [-0.39, 0.29) is 29.9 Å². The van der Waals surface area contributed by atoms with Crippen LogP contribution in [0.15, 0.2) is 12.2 Å². The molecule has 0 bridgehead atoms. The fourth-order valence-corrected chi connectivity index (χ4v) is 3.27. The van der Waals surface area contributed by atoms with Gasteiger partial charge in [0.15, 0.2) is 0 Å². The molecule has 2 aliphatic rings. The molecule has 20 heavy (non-hydrogen) atoms. The SMILES string of the molecule is CCC1C(=O)NC(CC(C)C)C(=O)N1C1CC=CCC1. The van der Waals surface area contributed by atoms with Crippen molar-refractivity contribution < 1.29 is 9.59 Å². The van der Waals surface area contributed by atoms with Gasteiger partial charge in [0.2, 0.25) is 11.8 Å². The molecule has 3 atom stereocenters. The highest BCUT2D eigenvalue weighted by Gasteiger charge is 2.42. The number of piperazine rings is 1. The van der Waals surface area contributed by atoms with Gasteiger partial charge < -0.3 is 10.2 Å². The largest absolute Gasteiger partial charge is 0.342 e. The molecule has 2 amide bonds. The van der Waals surface area contributed by atoms with Crippen LogP contribution in [0.1, 0.15) is 52.9 Å². The van der Waals surface area contributed by atoms with E-state index in [0.29, 0.717) is 12.3 Å². The highest BCUT2D eigenvalue weighted by Crippen LogP contribution is 2.26. The molecule has 0 radical (unpaired) electrons. The van der Waals surface area contributed by atoms with Gasteiger partial charge in [0, 0.05) is 6.04 Å². The lowest BCUT2D eigenvalue weighted by molar-refractivity contribution is -0.153. The minimum Gasteiger partial charge on any atom is -0.342 e. The van der Waals surface area contributed by atoms with E-state index in [1.165, 1.54) is 0 Å². The molecule has 4 heteroatoms. The van der Waals surface area contributed by atoms with Crippen LogP contribution in [-0.2, 0) is 9.59 Å². The van der Waals surface area contributed by atoms with Crippen LogP contribution < -0.4 is 5.32 Å². The maximum atomic E-state index is 12.8. The maximum Gasteiger partial charge on any atom is 0.246 e. The molecular weight excluding hydrogens is 252 g/mol. The normalized spacial score (nSPS) is 30.8. The Hall–Kier alpha value is -1.32. The Morgan fingerprint density at radius 2 is 2.10 bits per heavy atom. The summed E-state index contributed by atoms with van der Waals surface area (Å²) in [6.45, 7) is 6.14. The molecular formula is C16H26N2O2. The Kier molecular flexibility index (Phi) is 4.84. The van der Waals surface area contributed by atoms with Crippen molar-refractivity contribution in [1.29, 1.82) is 0 Å². The van der Waals surface area contributed by atoms with Crippen LogP contribution >= 0.6 is 0 Å². The molecule has 2 rings (SSSR count). The van der Waals surface area contributed by atoms with Gasteiger partial charge in [0.25, 0.3) is 0 Å². The zero-order valence-corrected chi connectivity index (χ0v) is 12.8. The first-order chi connectivity index (χ1) is 9.54. The average Bonchev–Trinajstić information content (AvgIpc) is 2.42. The molecule has 1 fully saturated rings. The quantitative estimate of drug-likeness (QED) is 0.802. The molecule has 1 heterocycles. The first-order valence-electron chi connectivity index (χ1n) is 7.82. The predicted molar refractivity (Wildman–Crippen MR) is 79.1 cm³/mol. The van der Waals surface area contributed by atoms with Gasteiger partial charge in [-0.1, -0.05) is 32.9 Å². The van der Waals surface area contributed by atoms with Crippen LogP contribution in [0.25, 0.3) is 0 Å². The van der Waals surface area contributed by atoms with Gasteiger partial charge >= 0.3 is 0 Å². The van der Waals surface area contributed by atoms with Crippen molar-refractivity contribution in [3.05, 3.63) is 12.2 Å². The summed E-state index contributed by atoms with van der Waals surface area (Å²) in [7, 11) is 0. The Bertz CT molecular complexity index is 403. The number of carbonyl (C=O) groups is 2. The van der Waals surface area contributed by atoms with Gasteiger partial charge in [-0.05, 0) is 38.0 Å². The topological polar surface area (TPSA) is 49.4 Å². The second kappa shape index (κ2) is 6.42. The molecule has 0 aromatic carbocycles. The first-order valence-corrected chi connectivity index (χ1v) is 7.82. The molecule has 112 valence electrons. The second-order valence-corrected chi connectivity index (χ2v) is 6.30. The minimum atomic E-state index is -0.337. The van der Waals surface area contributed by atoms with Crippen LogP contribution in [0.2, 0.25) is 0 Å². The summed E-state index contributed by atoms with van der Waals surface area (Å²) in [6, 6.07) is -0.434. The third-order valence-corrected chi connectivity index (χ3v) is 4.24. The van der Waals surface area contributed by atoms with Crippen molar-refractivity contribution >= 4 is 11.8 Å². The average molecular weight is 278 g/mol. The van der Waals surface area contributed by atoms with E-state index in [0.717, 1.165) is 25.7 Å². The second-order valence-electron chi connectivity index (χ2n) is 6.30. The Balaban J connectivity index is 2.20. The van der Waals surface area contributed by atoms with Gasteiger partial charge in [-0.2, -0.15) is 0 Å². The van der Waals surface area contributed by atoms with Crippen molar-refractivity contribution in [3.8, 4) is 0 Å². The molecule has 1 aliphatic carbocycles. The summed E-state index contributed by atoms with van der Waals surface area (Å²) in [5.74, 6) is 0.535. The van der Waals surface area contributed by atoms with Crippen LogP contribution in [0.4, 0.5) is 0 Å². The number of rotatable bonds is 4. The fourth-order valence-electron chi connectivity index (χ4n) is 3.27. The van der Waals surface area contributed by atoms with Crippen LogP contribution in [0.3, 0.4) is 0 Å². The number of hydrogen-bond donors (Lipinski definition) is 1.